The molecule has 0 spiro atoms. The molecule has 0 bridgehead atoms. The number of benzene rings is 2. The topological polar surface area (TPSA) is 146 Å². The van der Waals surface area contributed by atoms with E-state index in [0.29, 0.717) is 56.6 Å². The summed E-state index contributed by atoms with van der Waals surface area (Å²) in [4.78, 5) is 25.7. The Morgan fingerprint density at radius 1 is 1.00 bits per heavy atom. The average molecular weight is 815 g/mol. The number of piperazine rings is 1. The van der Waals surface area contributed by atoms with Crippen LogP contribution in [0, 0.1) is 6.92 Å². The molecule has 0 amide bonds. The Balaban J connectivity index is 1.17. The SMILES string of the molecule is CCc1cc(Nc2ncc(Br)c(Nc3c(C)cc4nccnc4c3P(C)(C)=O)n2)c(OC)cc1N1CCC(N2CCN(CCS(C)(=O)=O)CC2)CC1. The Kier molecular flexibility index (Phi) is 11.8. The average Bonchev–Trinajstić information content (AvgIpc) is 3.11. The molecule has 16 heteroatoms. The number of halogens is 1. The second kappa shape index (κ2) is 15.9. The highest BCUT2D eigenvalue weighted by Crippen LogP contribution is 2.43. The Morgan fingerprint density at radius 3 is 2.37 bits per heavy atom. The van der Waals surface area contributed by atoms with Crippen LogP contribution in [0.3, 0.4) is 0 Å². The molecule has 0 unspecified atom stereocenters. The molecule has 0 saturated carbocycles. The van der Waals surface area contributed by atoms with Crippen molar-refractivity contribution < 1.29 is 17.7 Å². The second-order valence-electron chi connectivity index (χ2n) is 14.1. The third-order valence-corrected chi connectivity index (χ3v) is 13.0. The van der Waals surface area contributed by atoms with E-state index in [1.165, 1.54) is 17.5 Å². The summed E-state index contributed by atoms with van der Waals surface area (Å²) in [6.07, 6.45) is 9.25. The maximum atomic E-state index is 13.6. The van der Waals surface area contributed by atoms with E-state index in [2.05, 4.69) is 75.3 Å². The van der Waals surface area contributed by atoms with Crippen LogP contribution < -0.4 is 25.6 Å². The third-order valence-electron chi connectivity index (χ3n) is 10.00. The van der Waals surface area contributed by atoms with Crippen molar-refractivity contribution in [3.63, 3.8) is 0 Å². The fraction of sp³-hybridized carbons (Fsp3) is 0.500. The lowest BCUT2D eigenvalue weighted by Crippen LogP contribution is -2.53. The van der Waals surface area contributed by atoms with Crippen molar-refractivity contribution in [2.75, 3.05) is 93.8 Å². The molecule has 13 nitrogen and oxygen atoms in total. The fourth-order valence-electron chi connectivity index (χ4n) is 7.23. The number of ether oxygens (including phenoxy) is 1. The summed E-state index contributed by atoms with van der Waals surface area (Å²) < 4.78 is 43.4. The Labute approximate surface area is 315 Å². The molecule has 0 aliphatic carbocycles. The number of aryl methyl sites for hydroxylation is 2. The first kappa shape index (κ1) is 38.4. The lowest BCUT2D eigenvalue weighted by Gasteiger charge is -2.43. The molecule has 0 radical (unpaired) electrons. The first-order valence-corrected chi connectivity index (χ1v) is 23.2. The van der Waals surface area contributed by atoms with Crippen LogP contribution in [0.4, 0.5) is 28.8 Å². The first-order valence-electron chi connectivity index (χ1n) is 17.7. The number of piperidine rings is 1. The molecule has 52 heavy (non-hydrogen) atoms. The molecule has 2 aliphatic rings. The smallest absolute Gasteiger partial charge is 0.229 e. The minimum Gasteiger partial charge on any atom is -0.494 e. The van der Waals surface area contributed by atoms with Gasteiger partial charge >= 0.3 is 0 Å². The minimum atomic E-state index is -2.94. The number of aromatic nitrogens is 4. The van der Waals surface area contributed by atoms with E-state index in [0.717, 1.165) is 69.8 Å². The zero-order valence-corrected chi connectivity index (χ0v) is 34.1. The van der Waals surface area contributed by atoms with E-state index in [1.54, 1.807) is 39.0 Å². The lowest BCUT2D eigenvalue weighted by molar-refractivity contribution is 0.0882. The number of hydrogen-bond acceptors (Lipinski definition) is 13. The van der Waals surface area contributed by atoms with Crippen molar-refractivity contribution in [3.05, 3.63) is 52.4 Å². The molecule has 4 heterocycles. The number of rotatable bonds is 12. The maximum Gasteiger partial charge on any atom is 0.229 e. The summed E-state index contributed by atoms with van der Waals surface area (Å²) in [7, 11) is -4.05. The van der Waals surface area contributed by atoms with E-state index in [1.807, 2.05) is 13.0 Å². The lowest BCUT2D eigenvalue weighted by atomic mass is 9.99. The normalized spacial score (nSPS) is 16.7. The minimum absolute atomic E-state index is 0.225. The molecule has 2 saturated heterocycles. The number of anilines is 5. The predicted octanol–water partition coefficient (Wildman–Crippen LogP) is 5.43. The Hall–Kier alpha value is -3.36. The van der Waals surface area contributed by atoms with Crippen LogP contribution in [0.2, 0.25) is 0 Å². The standard InChI is InChI=1S/C36H49BrN9O4PS/c1-7-25-21-28(31(50-3)22-30(25)46-12-8-26(9-13-46)45-16-14-44(15-17-45)18-19-52(6,48)49)41-36-40-23-27(37)35(43-36)42-32-24(2)20-29-33(39-11-10-38-29)34(32)51(4,5)47/h10-11,20-23,26H,7-9,12-19H2,1-6H3,(H2,40,41,42,43). The van der Waals surface area contributed by atoms with Gasteiger partial charge < -0.3 is 24.8 Å². The number of sulfone groups is 1. The van der Waals surface area contributed by atoms with Crippen molar-refractivity contribution in [1.82, 2.24) is 29.7 Å². The molecule has 280 valence electrons. The van der Waals surface area contributed by atoms with Gasteiger partial charge in [0.1, 0.15) is 34.1 Å². The summed E-state index contributed by atoms with van der Waals surface area (Å²) in [6, 6.07) is 6.71. The summed E-state index contributed by atoms with van der Waals surface area (Å²) >= 11 is 3.60. The van der Waals surface area contributed by atoms with E-state index >= 15 is 0 Å². The van der Waals surface area contributed by atoms with E-state index in [4.69, 9.17) is 9.72 Å². The van der Waals surface area contributed by atoms with Gasteiger partial charge in [-0.3, -0.25) is 19.8 Å². The molecule has 6 rings (SSSR count). The van der Waals surface area contributed by atoms with Gasteiger partial charge in [0.2, 0.25) is 5.95 Å². The highest BCUT2D eigenvalue weighted by atomic mass is 79.9. The van der Waals surface area contributed by atoms with Crippen LogP contribution in [0.25, 0.3) is 11.0 Å². The zero-order valence-electron chi connectivity index (χ0n) is 30.8. The van der Waals surface area contributed by atoms with Gasteiger partial charge in [0.05, 0.1) is 39.5 Å². The number of nitrogens with one attached hydrogen (secondary N) is 2. The van der Waals surface area contributed by atoms with Gasteiger partial charge in [-0.25, -0.2) is 13.4 Å². The molecule has 2 N–H and O–H groups in total. The fourth-order valence-corrected chi connectivity index (χ4v) is 9.57. The largest absolute Gasteiger partial charge is 0.494 e. The van der Waals surface area contributed by atoms with Crippen LogP contribution in [0.1, 0.15) is 30.9 Å². The Bertz CT molecular complexity index is 2080. The quantitative estimate of drug-likeness (QED) is 0.176. The molecule has 2 aromatic heterocycles. The van der Waals surface area contributed by atoms with Crippen molar-refractivity contribution in [3.8, 4) is 5.75 Å². The first-order chi connectivity index (χ1) is 24.7. The van der Waals surface area contributed by atoms with Crippen molar-refractivity contribution in [2.45, 2.75) is 39.2 Å². The predicted molar refractivity (Wildman–Crippen MR) is 215 cm³/mol. The van der Waals surface area contributed by atoms with Crippen LogP contribution in [-0.2, 0) is 20.8 Å². The van der Waals surface area contributed by atoms with E-state index < -0.39 is 17.0 Å². The highest BCUT2D eigenvalue weighted by molar-refractivity contribution is 9.10. The van der Waals surface area contributed by atoms with Gasteiger partial charge in [-0.2, -0.15) is 4.98 Å². The van der Waals surface area contributed by atoms with Crippen LogP contribution >= 0.6 is 23.1 Å². The molecule has 2 aromatic carbocycles. The maximum absolute atomic E-state index is 13.6. The van der Waals surface area contributed by atoms with Gasteiger partial charge in [-0.15, -0.1) is 0 Å². The zero-order chi connectivity index (χ0) is 37.2. The number of methoxy groups -OCH3 is 1. The summed E-state index contributed by atoms with van der Waals surface area (Å²) in [5.74, 6) is 1.82. The molecular formula is C36H49BrN9O4PS. The molecule has 4 aromatic rings. The van der Waals surface area contributed by atoms with Crippen molar-refractivity contribution >= 4 is 78.1 Å². The summed E-state index contributed by atoms with van der Waals surface area (Å²) in [5.41, 5.74) is 6.02. The summed E-state index contributed by atoms with van der Waals surface area (Å²) in [5, 5.41) is 7.46. The third kappa shape index (κ3) is 8.87. The van der Waals surface area contributed by atoms with E-state index in [9.17, 15) is 13.0 Å². The van der Waals surface area contributed by atoms with Gasteiger partial charge in [0.25, 0.3) is 0 Å². The van der Waals surface area contributed by atoms with Gasteiger partial charge in [0, 0.05) is 88.5 Å². The van der Waals surface area contributed by atoms with Gasteiger partial charge in [0.15, 0.2) is 0 Å². The number of hydrogen-bond donors (Lipinski definition) is 2. The Morgan fingerprint density at radius 2 is 1.71 bits per heavy atom. The van der Waals surface area contributed by atoms with Crippen molar-refractivity contribution in [1.29, 1.82) is 0 Å². The highest BCUT2D eigenvalue weighted by Gasteiger charge is 2.29. The molecule has 2 aliphatic heterocycles. The monoisotopic (exact) mass is 813 g/mol. The number of nitrogens with zero attached hydrogens (tertiary/aromatic N) is 7. The van der Waals surface area contributed by atoms with Gasteiger partial charge in [-0.1, -0.05) is 6.92 Å². The molecular weight excluding hydrogens is 765 g/mol. The van der Waals surface area contributed by atoms with Crippen LogP contribution in [0.15, 0.2) is 41.3 Å². The van der Waals surface area contributed by atoms with Crippen LogP contribution in [0.5, 0.6) is 5.75 Å². The van der Waals surface area contributed by atoms with Crippen LogP contribution in [-0.4, -0.2) is 122 Å². The molecule has 2 fully saturated rings. The number of fused-ring (bicyclic) bond motifs is 1. The second-order valence-corrected chi connectivity index (χ2v) is 20.4. The molecule has 0 atom stereocenters. The van der Waals surface area contributed by atoms with Gasteiger partial charge in [-0.05, 0) is 78.7 Å². The van der Waals surface area contributed by atoms with Crippen molar-refractivity contribution in [2.24, 2.45) is 0 Å². The van der Waals surface area contributed by atoms with E-state index in [-0.39, 0.29) is 5.75 Å². The summed E-state index contributed by atoms with van der Waals surface area (Å²) in [6.45, 7) is 13.9.